The van der Waals surface area contributed by atoms with Gasteiger partial charge in [0.05, 0.1) is 11.4 Å². The lowest BCUT2D eigenvalue weighted by molar-refractivity contribution is 0.661. The molecule has 0 heterocycles. The van der Waals surface area contributed by atoms with E-state index in [-0.39, 0.29) is 27.8 Å². The van der Waals surface area contributed by atoms with E-state index in [0.717, 1.165) is 33.5 Å². The van der Waals surface area contributed by atoms with Crippen molar-refractivity contribution in [2.24, 2.45) is 0 Å². The largest absolute Gasteiger partial charge is 0.310 e. The van der Waals surface area contributed by atoms with Gasteiger partial charge in [-0.2, -0.15) is 0 Å². The van der Waals surface area contributed by atoms with Gasteiger partial charge in [0, 0.05) is 58.5 Å². The van der Waals surface area contributed by atoms with Crippen LogP contribution in [0.1, 0.15) is 62.4 Å². The van der Waals surface area contributed by atoms with Crippen LogP contribution in [0.25, 0.3) is 43.8 Å². The van der Waals surface area contributed by atoms with Gasteiger partial charge in [-0.25, -0.2) is 0 Å². The Balaban J connectivity index is 1.26. The number of anilines is 6. The van der Waals surface area contributed by atoms with E-state index in [9.17, 15) is 13.7 Å². The molecule has 0 saturated carbocycles. The zero-order valence-corrected chi connectivity index (χ0v) is 30.9. The SMILES string of the molecule is [2H]C([2H])([2H])C1([2H])c2cc3c(cc2-c2c1cc(N(c1ccccc1)c1ccccc1)c1ccccc21)C(C([2H])([2H])[2H])(C([2H])([2H])[2H])c1cc(N(c2ccccc2)c2ccccc2)c2ccccc2c1-3. The first-order valence-corrected chi connectivity index (χ1v) is 19.2. The second-order valence-electron chi connectivity index (χ2n) is 14.8. The first kappa shape index (κ1) is 24.6. The van der Waals surface area contributed by atoms with E-state index in [1.165, 1.54) is 0 Å². The Bertz CT molecular complexity index is 3290. The molecule has 0 radical (unpaired) electrons. The molecule has 2 aliphatic carbocycles. The van der Waals surface area contributed by atoms with Crippen LogP contribution in [0.5, 0.6) is 0 Å². The van der Waals surface area contributed by atoms with Gasteiger partial charge in [0.1, 0.15) is 0 Å². The number of para-hydroxylation sites is 4. The molecule has 0 aromatic heterocycles. The van der Waals surface area contributed by atoms with Crippen molar-refractivity contribution in [3.63, 3.8) is 0 Å². The highest BCUT2D eigenvalue weighted by atomic mass is 15.1. The number of nitrogens with zero attached hydrogens (tertiary/aromatic N) is 2. The molecular weight excluding hydrogens is 689 g/mol. The summed E-state index contributed by atoms with van der Waals surface area (Å²) in [5.41, 5.74) is 3.76. The Morgan fingerprint density at radius 2 is 0.860 bits per heavy atom. The molecule has 1 atom stereocenters. The fourth-order valence-corrected chi connectivity index (χ4v) is 9.14. The smallest absolute Gasteiger partial charge is 0.0543 e. The van der Waals surface area contributed by atoms with Gasteiger partial charge in [-0.05, 0) is 128 Å². The zero-order valence-electron chi connectivity index (χ0n) is 40.9. The third kappa shape index (κ3) is 5.03. The van der Waals surface area contributed by atoms with Crippen LogP contribution in [0, 0.1) is 0 Å². The van der Waals surface area contributed by atoms with Crippen LogP contribution >= 0.6 is 0 Å². The number of hydrogen-bond donors (Lipinski definition) is 0. The molecule has 9 aromatic rings. The Morgan fingerprint density at radius 1 is 0.421 bits per heavy atom. The van der Waals surface area contributed by atoms with Crippen molar-refractivity contribution in [2.75, 3.05) is 9.80 Å². The molecule has 272 valence electrons. The normalized spacial score (nSPS) is 19.1. The Morgan fingerprint density at radius 3 is 1.33 bits per heavy atom. The van der Waals surface area contributed by atoms with E-state index < -0.39 is 31.9 Å². The van der Waals surface area contributed by atoms with E-state index in [1.54, 1.807) is 24.3 Å². The summed E-state index contributed by atoms with van der Waals surface area (Å²) < 4.78 is 94.7. The molecule has 0 bridgehead atoms. The van der Waals surface area contributed by atoms with Gasteiger partial charge in [-0.3, -0.25) is 0 Å². The molecule has 1 unspecified atom stereocenters. The van der Waals surface area contributed by atoms with E-state index in [1.807, 2.05) is 180 Å². The summed E-state index contributed by atoms with van der Waals surface area (Å²) in [7, 11) is 0. The maximum Gasteiger partial charge on any atom is 0.0543 e. The second kappa shape index (κ2) is 12.8. The molecular formula is C55H42N2. The molecule has 2 nitrogen and oxygen atoms in total. The van der Waals surface area contributed by atoms with E-state index in [4.69, 9.17) is 0 Å². The molecule has 0 amide bonds. The maximum absolute atomic E-state index is 10.4. The molecule has 0 saturated heterocycles. The predicted octanol–water partition coefficient (Wildman–Crippen LogP) is 15.4. The van der Waals surface area contributed by atoms with E-state index in [0.29, 0.717) is 38.8 Å². The van der Waals surface area contributed by atoms with Gasteiger partial charge >= 0.3 is 0 Å². The summed E-state index contributed by atoms with van der Waals surface area (Å²) in [6, 6.07) is 60.6. The van der Waals surface area contributed by atoms with Gasteiger partial charge < -0.3 is 9.80 Å². The summed E-state index contributed by atoms with van der Waals surface area (Å²) in [5, 5.41) is 2.72. The number of rotatable bonds is 6. The monoisotopic (exact) mass is 740 g/mol. The number of fused-ring (bicyclic) bond motifs is 10. The van der Waals surface area contributed by atoms with Crippen molar-refractivity contribution in [2.45, 2.75) is 31.9 Å². The first-order valence-electron chi connectivity index (χ1n) is 24.2. The summed E-state index contributed by atoms with van der Waals surface area (Å²) in [6.45, 7) is -9.26. The molecule has 0 aliphatic heterocycles. The quantitative estimate of drug-likeness (QED) is 0.167. The van der Waals surface area contributed by atoms with Crippen molar-refractivity contribution in [1.82, 2.24) is 0 Å². The minimum atomic E-state index is -3.15. The van der Waals surface area contributed by atoms with Gasteiger partial charge in [-0.1, -0.05) is 142 Å². The molecule has 0 N–H and O–H groups in total. The summed E-state index contributed by atoms with van der Waals surface area (Å²) in [4.78, 5) is 4.06. The number of benzene rings is 9. The summed E-state index contributed by atoms with van der Waals surface area (Å²) in [5.74, 6) is -2.37. The fourth-order valence-electron chi connectivity index (χ4n) is 9.14. The van der Waals surface area contributed by atoms with Crippen LogP contribution in [0.3, 0.4) is 0 Å². The Hall–Kier alpha value is -6.90. The third-order valence-electron chi connectivity index (χ3n) is 11.6. The van der Waals surface area contributed by atoms with Crippen LogP contribution in [0.2, 0.25) is 0 Å². The summed E-state index contributed by atoms with van der Waals surface area (Å²) >= 11 is 0. The van der Waals surface area contributed by atoms with Gasteiger partial charge in [-0.15, -0.1) is 0 Å². The molecule has 2 heteroatoms. The zero-order chi connectivity index (χ0) is 46.7. The number of hydrogen-bond acceptors (Lipinski definition) is 2. The first-order chi connectivity index (χ1) is 32.1. The molecule has 9 aromatic carbocycles. The molecule has 57 heavy (non-hydrogen) atoms. The second-order valence-corrected chi connectivity index (χ2v) is 14.8. The van der Waals surface area contributed by atoms with Gasteiger partial charge in [0.15, 0.2) is 0 Å². The maximum atomic E-state index is 10.4. The van der Waals surface area contributed by atoms with Gasteiger partial charge in [0.2, 0.25) is 0 Å². The van der Waals surface area contributed by atoms with Crippen molar-refractivity contribution in [1.29, 1.82) is 0 Å². The Kier molecular flexibility index (Phi) is 5.53. The predicted molar refractivity (Wildman–Crippen MR) is 241 cm³/mol. The molecule has 0 fully saturated rings. The van der Waals surface area contributed by atoms with Gasteiger partial charge in [0.25, 0.3) is 0 Å². The molecule has 0 spiro atoms. The highest BCUT2D eigenvalue weighted by Gasteiger charge is 2.41. The molecule has 2 aliphatic rings. The van der Waals surface area contributed by atoms with Crippen LogP contribution < -0.4 is 9.80 Å². The molecule has 11 rings (SSSR count). The van der Waals surface area contributed by atoms with Crippen molar-refractivity contribution in [3.05, 3.63) is 216 Å². The lowest BCUT2D eigenvalue weighted by Gasteiger charge is -2.29. The van der Waals surface area contributed by atoms with Crippen molar-refractivity contribution in [3.8, 4) is 22.3 Å². The lowest BCUT2D eigenvalue weighted by Crippen LogP contribution is -2.17. The highest BCUT2D eigenvalue weighted by molar-refractivity contribution is 6.13. The standard InChI is InChI=1S/C55H42N2/c1-36-45-32-48-49(33-47(45)53-43-30-18-16-28-41(43)51(34-46(36)53)56(37-20-8-4-9-21-37)38-22-10-5-11-23-38)55(2,3)50-35-52(42-29-17-19-31-44(42)54(48)50)57(39-24-12-6-13-25-39)40-26-14-7-15-27-40/h4-36H,1-3H3/i1D3,2D3,3D3,36D. The van der Waals surface area contributed by atoms with Crippen LogP contribution in [0.4, 0.5) is 34.1 Å². The van der Waals surface area contributed by atoms with Crippen LogP contribution in [-0.2, 0) is 5.41 Å². The highest BCUT2D eigenvalue weighted by Crippen LogP contribution is 2.59. The van der Waals surface area contributed by atoms with E-state index in [2.05, 4.69) is 0 Å². The fraction of sp³-hybridized carbons (Fsp3) is 0.0909. The third-order valence-corrected chi connectivity index (χ3v) is 11.6. The average molecular weight is 741 g/mol. The average Bonchev–Trinajstić information content (AvgIpc) is 3.77. The van der Waals surface area contributed by atoms with Crippen LogP contribution in [-0.4, -0.2) is 0 Å². The van der Waals surface area contributed by atoms with Crippen LogP contribution in [0.15, 0.2) is 194 Å². The lowest BCUT2D eigenvalue weighted by atomic mass is 9.80. The minimum Gasteiger partial charge on any atom is -0.310 e. The Labute approximate surface area is 349 Å². The summed E-state index contributed by atoms with van der Waals surface area (Å²) in [6.07, 6.45) is 0. The minimum absolute atomic E-state index is 0.0404. The van der Waals surface area contributed by atoms with Crippen molar-refractivity contribution >= 4 is 55.7 Å². The topological polar surface area (TPSA) is 6.48 Å². The van der Waals surface area contributed by atoms with Crippen molar-refractivity contribution < 1.29 is 13.7 Å². The van der Waals surface area contributed by atoms with E-state index >= 15 is 0 Å².